The third-order valence-corrected chi connectivity index (χ3v) is 3.47. The summed E-state index contributed by atoms with van der Waals surface area (Å²) in [6, 6.07) is 3.44. The Bertz CT molecular complexity index is 487. The van der Waals surface area contributed by atoms with Gasteiger partial charge < -0.3 is 4.74 Å². The van der Waals surface area contributed by atoms with Crippen molar-refractivity contribution in [3.8, 4) is 5.75 Å². The van der Waals surface area contributed by atoms with Gasteiger partial charge in [0.1, 0.15) is 18.2 Å². The number of nitrogens with zero attached hydrogens (tertiary/aromatic N) is 1. The summed E-state index contributed by atoms with van der Waals surface area (Å²) in [5.41, 5.74) is 3.18. The Balaban J connectivity index is 2.13. The molecule has 0 radical (unpaired) electrons. The molecule has 0 amide bonds. The van der Waals surface area contributed by atoms with Crippen LogP contribution in [0, 0.1) is 12.7 Å². The van der Waals surface area contributed by atoms with Gasteiger partial charge in [-0.05, 0) is 34.5 Å². The van der Waals surface area contributed by atoms with E-state index in [0.29, 0.717) is 22.4 Å². The molecule has 2 aromatic rings. The van der Waals surface area contributed by atoms with Gasteiger partial charge in [-0.1, -0.05) is 6.07 Å². The first-order valence-electron chi connectivity index (χ1n) is 4.63. The molecule has 0 saturated heterocycles. The highest BCUT2D eigenvalue weighted by atomic mass is 79.9. The van der Waals surface area contributed by atoms with E-state index in [4.69, 9.17) is 4.74 Å². The van der Waals surface area contributed by atoms with E-state index in [1.54, 1.807) is 24.6 Å². The van der Waals surface area contributed by atoms with Crippen molar-refractivity contribution < 1.29 is 9.13 Å². The highest BCUT2D eigenvalue weighted by Crippen LogP contribution is 2.30. The van der Waals surface area contributed by atoms with E-state index in [-0.39, 0.29) is 5.82 Å². The fourth-order valence-electron chi connectivity index (χ4n) is 1.20. The minimum Gasteiger partial charge on any atom is -0.486 e. The monoisotopic (exact) mass is 301 g/mol. The van der Waals surface area contributed by atoms with Crippen LogP contribution in [0.2, 0.25) is 0 Å². The molecule has 0 bridgehead atoms. The summed E-state index contributed by atoms with van der Waals surface area (Å²) in [5.74, 6) is 0.215. The highest BCUT2D eigenvalue weighted by molar-refractivity contribution is 9.10. The van der Waals surface area contributed by atoms with E-state index in [0.717, 1.165) is 5.69 Å². The molecule has 1 heterocycles. The van der Waals surface area contributed by atoms with Crippen molar-refractivity contribution in [3.05, 3.63) is 44.6 Å². The molecule has 0 atom stereocenters. The number of thiazole rings is 1. The van der Waals surface area contributed by atoms with Gasteiger partial charge in [0.2, 0.25) is 0 Å². The van der Waals surface area contributed by atoms with Crippen molar-refractivity contribution in [2.75, 3.05) is 0 Å². The number of ether oxygens (including phenoxy) is 1. The fourth-order valence-corrected chi connectivity index (χ4v) is 2.30. The van der Waals surface area contributed by atoms with E-state index in [1.807, 2.05) is 5.38 Å². The molecule has 16 heavy (non-hydrogen) atoms. The molecule has 0 unspecified atom stereocenters. The molecule has 1 aromatic carbocycles. The number of halogens is 2. The SMILES string of the molecule is Cc1ccc(OCc2cscn2)c(Br)c1F. The molecule has 0 N–H and O–H groups in total. The summed E-state index contributed by atoms with van der Waals surface area (Å²) in [6.45, 7) is 2.06. The van der Waals surface area contributed by atoms with E-state index in [2.05, 4.69) is 20.9 Å². The Labute approximate surface area is 105 Å². The van der Waals surface area contributed by atoms with E-state index >= 15 is 0 Å². The maximum atomic E-state index is 13.5. The summed E-state index contributed by atoms with van der Waals surface area (Å²) in [7, 11) is 0. The summed E-state index contributed by atoms with van der Waals surface area (Å²) in [5, 5.41) is 1.90. The lowest BCUT2D eigenvalue weighted by atomic mass is 10.2. The summed E-state index contributed by atoms with van der Waals surface area (Å²) in [4.78, 5) is 4.09. The Morgan fingerprint density at radius 3 is 3.00 bits per heavy atom. The number of benzene rings is 1. The fraction of sp³-hybridized carbons (Fsp3) is 0.182. The molecule has 0 aliphatic heterocycles. The third kappa shape index (κ3) is 2.41. The smallest absolute Gasteiger partial charge is 0.144 e. The van der Waals surface area contributed by atoms with Crippen LogP contribution in [0.25, 0.3) is 0 Å². The van der Waals surface area contributed by atoms with Crippen LogP contribution in [0.15, 0.2) is 27.5 Å². The van der Waals surface area contributed by atoms with Crippen LogP contribution < -0.4 is 4.74 Å². The van der Waals surface area contributed by atoms with Gasteiger partial charge in [0.05, 0.1) is 15.7 Å². The quantitative estimate of drug-likeness (QED) is 0.857. The lowest BCUT2D eigenvalue weighted by molar-refractivity contribution is 0.298. The first-order chi connectivity index (χ1) is 7.68. The van der Waals surface area contributed by atoms with Crippen LogP contribution in [0.4, 0.5) is 4.39 Å². The molecule has 0 fully saturated rings. The molecular weight excluding hydrogens is 293 g/mol. The average molecular weight is 302 g/mol. The van der Waals surface area contributed by atoms with Gasteiger partial charge in [-0.2, -0.15) is 0 Å². The van der Waals surface area contributed by atoms with E-state index in [9.17, 15) is 4.39 Å². The summed E-state index contributed by atoms with van der Waals surface area (Å²) < 4.78 is 19.4. The zero-order valence-electron chi connectivity index (χ0n) is 8.54. The first kappa shape index (κ1) is 11.5. The number of rotatable bonds is 3. The maximum absolute atomic E-state index is 13.5. The van der Waals surface area contributed by atoms with Crippen molar-refractivity contribution in [1.29, 1.82) is 0 Å². The molecule has 0 aliphatic carbocycles. The zero-order chi connectivity index (χ0) is 11.5. The van der Waals surface area contributed by atoms with Gasteiger partial charge in [-0.25, -0.2) is 9.37 Å². The standard InChI is InChI=1S/C11H9BrFNOS/c1-7-2-3-9(10(12)11(7)13)15-4-8-5-16-6-14-8/h2-3,5-6H,4H2,1H3. The largest absolute Gasteiger partial charge is 0.486 e. The minimum atomic E-state index is -0.282. The van der Waals surface area contributed by atoms with Crippen molar-refractivity contribution >= 4 is 27.3 Å². The lowest BCUT2D eigenvalue weighted by Gasteiger charge is -2.08. The normalized spacial score (nSPS) is 10.4. The number of aryl methyl sites for hydroxylation is 1. The number of hydrogen-bond acceptors (Lipinski definition) is 3. The first-order valence-corrected chi connectivity index (χ1v) is 6.36. The summed E-state index contributed by atoms with van der Waals surface area (Å²) in [6.07, 6.45) is 0. The lowest BCUT2D eigenvalue weighted by Crippen LogP contribution is -1.97. The van der Waals surface area contributed by atoms with Gasteiger partial charge in [0.15, 0.2) is 0 Å². The molecule has 1 aromatic heterocycles. The molecule has 0 spiro atoms. The van der Waals surface area contributed by atoms with Crippen LogP contribution in [0.1, 0.15) is 11.3 Å². The van der Waals surface area contributed by atoms with Crippen molar-refractivity contribution in [2.24, 2.45) is 0 Å². The zero-order valence-corrected chi connectivity index (χ0v) is 10.9. The Morgan fingerprint density at radius 2 is 2.31 bits per heavy atom. The van der Waals surface area contributed by atoms with Gasteiger partial charge in [0, 0.05) is 5.38 Å². The van der Waals surface area contributed by atoms with Gasteiger partial charge in [-0.15, -0.1) is 11.3 Å². The maximum Gasteiger partial charge on any atom is 0.144 e. The number of hydrogen-bond donors (Lipinski definition) is 0. The van der Waals surface area contributed by atoms with Crippen molar-refractivity contribution in [1.82, 2.24) is 4.98 Å². The molecule has 5 heteroatoms. The van der Waals surface area contributed by atoms with Gasteiger partial charge in [0.25, 0.3) is 0 Å². The molecule has 0 aliphatic rings. The second kappa shape index (κ2) is 4.93. The predicted octanol–water partition coefficient (Wildman–Crippen LogP) is 3.93. The van der Waals surface area contributed by atoms with Crippen molar-refractivity contribution in [2.45, 2.75) is 13.5 Å². The van der Waals surface area contributed by atoms with Crippen LogP contribution in [0.3, 0.4) is 0 Å². The molecular formula is C11H9BrFNOS. The third-order valence-electron chi connectivity index (χ3n) is 2.10. The van der Waals surface area contributed by atoms with Crippen molar-refractivity contribution in [3.63, 3.8) is 0 Å². The minimum absolute atomic E-state index is 0.282. The van der Waals surface area contributed by atoms with Crippen LogP contribution >= 0.6 is 27.3 Å². The Morgan fingerprint density at radius 1 is 1.50 bits per heavy atom. The Kier molecular flexibility index (Phi) is 3.56. The highest BCUT2D eigenvalue weighted by Gasteiger charge is 2.09. The van der Waals surface area contributed by atoms with E-state index in [1.165, 1.54) is 11.3 Å². The van der Waals surface area contributed by atoms with Crippen LogP contribution in [-0.2, 0) is 6.61 Å². The molecule has 2 nitrogen and oxygen atoms in total. The number of aromatic nitrogens is 1. The van der Waals surface area contributed by atoms with Crippen LogP contribution in [-0.4, -0.2) is 4.98 Å². The molecule has 84 valence electrons. The van der Waals surface area contributed by atoms with Gasteiger partial charge in [-0.3, -0.25) is 0 Å². The van der Waals surface area contributed by atoms with Crippen LogP contribution in [0.5, 0.6) is 5.75 Å². The van der Waals surface area contributed by atoms with Gasteiger partial charge >= 0.3 is 0 Å². The summed E-state index contributed by atoms with van der Waals surface area (Å²) >= 11 is 4.69. The second-order valence-electron chi connectivity index (χ2n) is 3.28. The van der Waals surface area contributed by atoms with E-state index < -0.39 is 0 Å². The molecule has 2 rings (SSSR count). The average Bonchev–Trinajstić information content (AvgIpc) is 2.78. The molecule has 0 saturated carbocycles. The topological polar surface area (TPSA) is 22.1 Å². The predicted molar refractivity (Wildman–Crippen MR) is 65.3 cm³/mol. The second-order valence-corrected chi connectivity index (χ2v) is 4.79. The Hall–Kier alpha value is -0.940.